The summed E-state index contributed by atoms with van der Waals surface area (Å²) in [6.07, 6.45) is 3.36. The largest absolute Gasteiger partial charge is 0.357 e. The molecular formula is C21H19FN6O. The molecule has 1 atom stereocenters. The predicted molar refractivity (Wildman–Crippen MR) is 106 cm³/mol. The molecule has 0 amide bonds. The first-order valence-corrected chi connectivity index (χ1v) is 9.20. The number of hydrogen-bond acceptors (Lipinski definition) is 7. The maximum Gasteiger partial charge on any atom is 0.249 e. The summed E-state index contributed by atoms with van der Waals surface area (Å²) in [5, 5.41) is 15.8. The lowest BCUT2D eigenvalue weighted by Gasteiger charge is -2.18. The van der Waals surface area contributed by atoms with Crippen molar-refractivity contribution in [2.45, 2.75) is 19.9 Å². The second-order valence-corrected chi connectivity index (χ2v) is 6.87. The summed E-state index contributed by atoms with van der Waals surface area (Å²) in [6, 6.07) is 13.2. The molecular weight excluding hydrogens is 371 g/mol. The normalized spacial score (nSPS) is 12.1. The Labute approximate surface area is 167 Å². The van der Waals surface area contributed by atoms with E-state index in [1.807, 2.05) is 38.1 Å². The maximum atomic E-state index is 13.1. The van der Waals surface area contributed by atoms with Gasteiger partial charge in [0.05, 0.1) is 5.69 Å². The zero-order valence-corrected chi connectivity index (χ0v) is 16.0. The van der Waals surface area contributed by atoms with Gasteiger partial charge in [-0.25, -0.2) is 4.39 Å². The van der Waals surface area contributed by atoms with Crippen LogP contribution in [0.1, 0.15) is 25.8 Å². The lowest BCUT2D eigenvalue weighted by Crippen LogP contribution is -2.18. The molecule has 3 aromatic heterocycles. The molecule has 0 radical (unpaired) electrons. The van der Waals surface area contributed by atoms with Crippen molar-refractivity contribution in [3.63, 3.8) is 0 Å². The third-order valence-corrected chi connectivity index (χ3v) is 4.42. The molecule has 1 N–H and O–H groups in total. The minimum Gasteiger partial charge on any atom is -0.357 e. The SMILES string of the molecule is CC(C)C(Nc1ccc(-c2ccc(F)cc2)nn1)c1nc(-c2ccncc2)no1. The van der Waals surface area contributed by atoms with E-state index in [1.54, 1.807) is 24.5 Å². The third kappa shape index (κ3) is 4.26. The van der Waals surface area contributed by atoms with Gasteiger partial charge < -0.3 is 9.84 Å². The van der Waals surface area contributed by atoms with Crippen LogP contribution in [-0.4, -0.2) is 25.3 Å². The molecule has 0 aliphatic heterocycles. The van der Waals surface area contributed by atoms with Crippen LogP contribution in [0.3, 0.4) is 0 Å². The zero-order chi connectivity index (χ0) is 20.2. The van der Waals surface area contributed by atoms with E-state index in [0.717, 1.165) is 11.1 Å². The molecule has 0 saturated carbocycles. The Kier molecular flexibility index (Phi) is 5.24. The summed E-state index contributed by atoms with van der Waals surface area (Å²) in [5.41, 5.74) is 2.29. The summed E-state index contributed by atoms with van der Waals surface area (Å²) in [5.74, 6) is 1.44. The number of pyridine rings is 1. The van der Waals surface area contributed by atoms with Crippen LogP contribution < -0.4 is 5.32 Å². The van der Waals surface area contributed by atoms with Gasteiger partial charge in [-0.05, 0) is 54.4 Å². The highest BCUT2D eigenvalue weighted by atomic mass is 19.1. The standard InChI is InChI=1S/C21H19FN6O/c1-13(2)19(21-25-20(28-29-21)15-9-11-23-12-10-15)24-18-8-7-17(26-27-18)14-3-5-16(22)6-4-14/h3-13,19H,1-2H3,(H,24,27). The number of nitrogens with one attached hydrogen (secondary N) is 1. The van der Waals surface area contributed by atoms with Gasteiger partial charge in [-0.1, -0.05) is 19.0 Å². The van der Waals surface area contributed by atoms with Crippen LogP contribution in [-0.2, 0) is 0 Å². The molecule has 0 spiro atoms. The molecule has 7 nitrogen and oxygen atoms in total. The highest BCUT2D eigenvalue weighted by molar-refractivity contribution is 5.59. The van der Waals surface area contributed by atoms with Gasteiger partial charge in [0.15, 0.2) is 0 Å². The monoisotopic (exact) mass is 390 g/mol. The average Bonchev–Trinajstić information content (AvgIpc) is 3.23. The minimum absolute atomic E-state index is 0.166. The van der Waals surface area contributed by atoms with E-state index in [4.69, 9.17) is 4.52 Å². The van der Waals surface area contributed by atoms with E-state index in [1.165, 1.54) is 12.1 Å². The van der Waals surface area contributed by atoms with Gasteiger partial charge in [0, 0.05) is 23.5 Å². The van der Waals surface area contributed by atoms with Gasteiger partial charge in [0.25, 0.3) is 0 Å². The van der Waals surface area contributed by atoms with Gasteiger partial charge in [-0.2, -0.15) is 4.98 Å². The van der Waals surface area contributed by atoms with E-state index in [2.05, 4.69) is 30.6 Å². The quantitative estimate of drug-likeness (QED) is 0.517. The summed E-state index contributed by atoms with van der Waals surface area (Å²) in [7, 11) is 0. The van der Waals surface area contributed by atoms with Crippen LogP contribution in [0.4, 0.5) is 10.2 Å². The Morgan fingerprint density at radius 1 is 0.897 bits per heavy atom. The number of anilines is 1. The van der Waals surface area contributed by atoms with Crippen molar-refractivity contribution in [2.75, 3.05) is 5.32 Å². The number of benzene rings is 1. The fourth-order valence-electron chi connectivity index (χ4n) is 2.84. The molecule has 4 rings (SSSR count). The smallest absolute Gasteiger partial charge is 0.249 e. The first-order chi connectivity index (χ1) is 14.1. The van der Waals surface area contributed by atoms with E-state index >= 15 is 0 Å². The molecule has 1 unspecified atom stereocenters. The second kappa shape index (κ2) is 8.14. The van der Waals surface area contributed by atoms with Crippen LogP contribution in [0.2, 0.25) is 0 Å². The van der Waals surface area contributed by atoms with Gasteiger partial charge >= 0.3 is 0 Å². The molecule has 0 bridgehead atoms. The van der Waals surface area contributed by atoms with E-state index < -0.39 is 0 Å². The molecule has 1 aromatic carbocycles. The third-order valence-electron chi connectivity index (χ3n) is 4.42. The van der Waals surface area contributed by atoms with Crippen LogP contribution in [0.25, 0.3) is 22.6 Å². The lowest BCUT2D eigenvalue weighted by atomic mass is 10.0. The van der Waals surface area contributed by atoms with E-state index in [9.17, 15) is 4.39 Å². The van der Waals surface area contributed by atoms with Crippen molar-refractivity contribution in [2.24, 2.45) is 5.92 Å². The van der Waals surface area contributed by atoms with Crippen LogP contribution in [0.5, 0.6) is 0 Å². The number of hydrogen-bond donors (Lipinski definition) is 1. The Morgan fingerprint density at radius 3 is 2.31 bits per heavy atom. The fourth-order valence-corrected chi connectivity index (χ4v) is 2.84. The summed E-state index contributed by atoms with van der Waals surface area (Å²) in [4.78, 5) is 8.52. The molecule has 0 aliphatic carbocycles. The molecule has 3 heterocycles. The topological polar surface area (TPSA) is 89.6 Å². The highest BCUT2D eigenvalue weighted by Gasteiger charge is 2.23. The van der Waals surface area contributed by atoms with E-state index in [0.29, 0.717) is 23.2 Å². The lowest BCUT2D eigenvalue weighted by molar-refractivity contribution is 0.335. The van der Waals surface area contributed by atoms with Gasteiger partial charge in [-0.15, -0.1) is 10.2 Å². The van der Waals surface area contributed by atoms with Gasteiger partial charge in [-0.3, -0.25) is 4.98 Å². The minimum atomic E-state index is -0.287. The molecule has 4 aromatic rings. The molecule has 29 heavy (non-hydrogen) atoms. The van der Waals surface area contributed by atoms with Crippen molar-refractivity contribution in [3.8, 4) is 22.6 Å². The Balaban J connectivity index is 1.53. The fraction of sp³-hybridized carbons (Fsp3) is 0.190. The van der Waals surface area contributed by atoms with Crippen molar-refractivity contribution in [1.29, 1.82) is 0 Å². The summed E-state index contributed by atoms with van der Waals surface area (Å²) >= 11 is 0. The Hall–Kier alpha value is -3.68. The predicted octanol–water partition coefficient (Wildman–Crippen LogP) is 4.54. The molecule has 146 valence electrons. The van der Waals surface area contributed by atoms with Crippen LogP contribution in [0.15, 0.2) is 65.4 Å². The summed E-state index contributed by atoms with van der Waals surface area (Å²) < 4.78 is 18.6. The zero-order valence-electron chi connectivity index (χ0n) is 16.0. The van der Waals surface area contributed by atoms with Crippen molar-refractivity contribution < 1.29 is 8.91 Å². The van der Waals surface area contributed by atoms with Crippen LogP contribution >= 0.6 is 0 Å². The van der Waals surface area contributed by atoms with Gasteiger partial charge in [0.1, 0.15) is 17.7 Å². The Bertz CT molecular complexity index is 1060. The van der Waals surface area contributed by atoms with Crippen molar-refractivity contribution >= 4 is 5.82 Å². The molecule has 8 heteroatoms. The average molecular weight is 390 g/mol. The number of halogens is 1. The van der Waals surface area contributed by atoms with Crippen LogP contribution in [0, 0.1) is 11.7 Å². The first-order valence-electron chi connectivity index (χ1n) is 9.20. The number of rotatable bonds is 6. The Morgan fingerprint density at radius 2 is 1.66 bits per heavy atom. The molecule has 0 saturated heterocycles. The highest BCUT2D eigenvalue weighted by Crippen LogP contribution is 2.27. The number of nitrogens with zero attached hydrogens (tertiary/aromatic N) is 5. The molecule has 0 fully saturated rings. The van der Waals surface area contributed by atoms with E-state index in [-0.39, 0.29) is 17.8 Å². The number of aromatic nitrogens is 5. The van der Waals surface area contributed by atoms with Gasteiger partial charge in [0.2, 0.25) is 11.7 Å². The first kappa shape index (κ1) is 18.7. The maximum absolute atomic E-state index is 13.1. The molecule has 0 aliphatic rings. The van der Waals surface area contributed by atoms with Crippen molar-refractivity contribution in [1.82, 2.24) is 25.3 Å². The summed E-state index contributed by atoms with van der Waals surface area (Å²) in [6.45, 7) is 4.10. The van der Waals surface area contributed by atoms with Crippen molar-refractivity contribution in [3.05, 3.63) is 72.6 Å². The second-order valence-electron chi connectivity index (χ2n) is 6.87.